The summed E-state index contributed by atoms with van der Waals surface area (Å²) in [4.78, 5) is 14.4. The monoisotopic (exact) mass is 204 g/mol. The maximum absolute atomic E-state index is 10.5. The van der Waals surface area contributed by atoms with Gasteiger partial charge in [-0.05, 0) is 30.4 Å². The van der Waals surface area contributed by atoms with Gasteiger partial charge >= 0.3 is 0 Å². The van der Waals surface area contributed by atoms with Crippen LogP contribution in [-0.2, 0) is 0 Å². The van der Waals surface area contributed by atoms with E-state index in [1.165, 1.54) is 37.7 Å². The molecule has 15 heavy (non-hydrogen) atoms. The van der Waals surface area contributed by atoms with Gasteiger partial charge in [0, 0.05) is 6.20 Å². The molecule has 0 amide bonds. The molecule has 0 unspecified atom stereocenters. The molecule has 0 saturated heterocycles. The highest BCUT2D eigenvalue weighted by molar-refractivity contribution is 5.83. The van der Waals surface area contributed by atoms with Crippen molar-refractivity contribution in [2.45, 2.75) is 38.0 Å². The standard InChI is InChI=1S/C12H15NO2/c14-12(15)11-7-6-10(8-13-11)9-4-2-1-3-5-9/h6-9H,1-5H2,(H,14,15)/p-1. The minimum Gasteiger partial charge on any atom is -0.543 e. The molecule has 0 bridgehead atoms. The lowest BCUT2D eigenvalue weighted by Gasteiger charge is -2.21. The second-order valence-corrected chi connectivity index (χ2v) is 4.10. The molecule has 1 aromatic rings. The minimum absolute atomic E-state index is 0.0227. The first kappa shape index (κ1) is 10.1. The van der Waals surface area contributed by atoms with Crippen LogP contribution in [-0.4, -0.2) is 11.0 Å². The van der Waals surface area contributed by atoms with Crippen LogP contribution in [0.3, 0.4) is 0 Å². The molecule has 0 radical (unpaired) electrons. The number of rotatable bonds is 2. The molecule has 3 heteroatoms. The van der Waals surface area contributed by atoms with Crippen LogP contribution in [0.25, 0.3) is 0 Å². The average molecular weight is 204 g/mol. The number of carbonyl (C=O) groups is 1. The number of aromatic nitrogens is 1. The molecular formula is C12H14NO2-. The Kier molecular flexibility index (Phi) is 2.99. The van der Waals surface area contributed by atoms with E-state index in [0.29, 0.717) is 5.92 Å². The molecule has 0 aliphatic heterocycles. The quantitative estimate of drug-likeness (QED) is 0.733. The van der Waals surface area contributed by atoms with E-state index in [1.807, 2.05) is 6.07 Å². The van der Waals surface area contributed by atoms with Crippen molar-refractivity contribution in [3.05, 3.63) is 29.6 Å². The van der Waals surface area contributed by atoms with Crippen LogP contribution in [0, 0.1) is 0 Å². The topological polar surface area (TPSA) is 53.0 Å². The van der Waals surface area contributed by atoms with Gasteiger partial charge in [-0.1, -0.05) is 25.3 Å². The summed E-state index contributed by atoms with van der Waals surface area (Å²) in [6.07, 6.45) is 7.95. The first-order chi connectivity index (χ1) is 7.27. The van der Waals surface area contributed by atoms with Gasteiger partial charge in [-0.25, -0.2) is 0 Å². The van der Waals surface area contributed by atoms with Crippen LogP contribution >= 0.6 is 0 Å². The van der Waals surface area contributed by atoms with Crippen molar-refractivity contribution in [3.63, 3.8) is 0 Å². The van der Waals surface area contributed by atoms with Crippen molar-refractivity contribution in [2.75, 3.05) is 0 Å². The molecule has 1 aromatic heterocycles. The zero-order valence-corrected chi connectivity index (χ0v) is 8.61. The second kappa shape index (κ2) is 4.43. The fraction of sp³-hybridized carbons (Fsp3) is 0.500. The summed E-state index contributed by atoms with van der Waals surface area (Å²) in [5.74, 6) is -0.632. The van der Waals surface area contributed by atoms with Gasteiger partial charge in [0.15, 0.2) is 0 Å². The molecule has 1 heterocycles. The Morgan fingerprint density at radius 1 is 1.27 bits per heavy atom. The molecule has 0 spiro atoms. The third kappa shape index (κ3) is 2.35. The van der Waals surface area contributed by atoms with Crippen LogP contribution in [0.2, 0.25) is 0 Å². The first-order valence-electron chi connectivity index (χ1n) is 5.44. The average Bonchev–Trinajstić information content (AvgIpc) is 2.30. The summed E-state index contributed by atoms with van der Waals surface area (Å²) in [5, 5.41) is 10.5. The number of pyridine rings is 1. The summed E-state index contributed by atoms with van der Waals surface area (Å²) in [7, 11) is 0. The Morgan fingerprint density at radius 3 is 2.53 bits per heavy atom. The van der Waals surface area contributed by atoms with Gasteiger partial charge in [0.1, 0.15) is 0 Å². The number of carboxylic acid groups (broad SMARTS) is 1. The third-order valence-electron chi connectivity index (χ3n) is 3.07. The van der Waals surface area contributed by atoms with Gasteiger partial charge in [-0.15, -0.1) is 0 Å². The summed E-state index contributed by atoms with van der Waals surface area (Å²) in [6.45, 7) is 0. The number of carbonyl (C=O) groups excluding carboxylic acids is 1. The lowest BCUT2D eigenvalue weighted by molar-refractivity contribution is -0.255. The van der Waals surface area contributed by atoms with Crippen LogP contribution < -0.4 is 5.11 Å². The van der Waals surface area contributed by atoms with Gasteiger partial charge in [-0.2, -0.15) is 0 Å². The first-order valence-corrected chi connectivity index (χ1v) is 5.44. The van der Waals surface area contributed by atoms with Crippen molar-refractivity contribution < 1.29 is 9.90 Å². The molecule has 80 valence electrons. The molecular weight excluding hydrogens is 190 g/mol. The van der Waals surface area contributed by atoms with Gasteiger partial charge in [0.2, 0.25) is 0 Å². The Balaban J connectivity index is 2.11. The van der Waals surface area contributed by atoms with Crippen LogP contribution in [0.4, 0.5) is 0 Å². The van der Waals surface area contributed by atoms with E-state index < -0.39 is 5.97 Å². The van der Waals surface area contributed by atoms with Crippen molar-refractivity contribution in [2.24, 2.45) is 0 Å². The summed E-state index contributed by atoms with van der Waals surface area (Å²) in [5.41, 5.74) is 1.19. The number of carboxylic acids is 1. The number of hydrogen-bond acceptors (Lipinski definition) is 3. The third-order valence-corrected chi connectivity index (χ3v) is 3.07. The van der Waals surface area contributed by atoms with Crippen molar-refractivity contribution in [1.29, 1.82) is 0 Å². The summed E-state index contributed by atoms with van der Waals surface area (Å²) < 4.78 is 0. The highest BCUT2D eigenvalue weighted by atomic mass is 16.4. The minimum atomic E-state index is -1.20. The van der Waals surface area contributed by atoms with E-state index in [0.717, 1.165) is 0 Å². The van der Waals surface area contributed by atoms with Crippen LogP contribution in [0.1, 0.15) is 54.1 Å². The van der Waals surface area contributed by atoms with E-state index in [-0.39, 0.29) is 5.69 Å². The Morgan fingerprint density at radius 2 is 2.00 bits per heavy atom. The van der Waals surface area contributed by atoms with Crippen LogP contribution in [0.15, 0.2) is 18.3 Å². The fourth-order valence-electron chi connectivity index (χ4n) is 2.20. The molecule has 3 nitrogen and oxygen atoms in total. The summed E-state index contributed by atoms with van der Waals surface area (Å²) in [6, 6.07) is 3.41. The fourth-order valence-corrected chi connectivity index (χ4v) is 2.20. The molecule has 0 aromatic carbocycles. The van der Waals surface area contributed by atoms with Crippen molar-refractivity contribution >= 4 is 5.97 Å². The Labute approximate surface area is 89.2 Å². The SMILES string of the molecule is O=C([O-])c1ccc(C2CCCCC2)cn1. The number of aromatic carboxylic acids is 1. The molecule has 0 N–H and O–H groups in total. The maximum atomic E-state index is 10.5. The molecule has 2 rings (SSSR count). The van der Waals surface area contributed by atoms with E-state index in [4.69, 9.17) is 0 Å². The Bertz CT molecular complexity index is 339. The van der Waals surface area contributed by atoms with Crippen molar-refractivity contribution in [3.8, 4) is 0 Å². The smallest absolute Gasteiger partial charge is 0.0899 e. The lowest BCUT2D eigenvalue weighted by Crippen LogP contribution is -2.23. The van der Waals surface area contributed by atoms with E-state index in [2.05, 4.69) is 4.98 Å². The Hall–Kier alpha value is -1.38. The number of hydrogen-bond donors (Lipinski definition) is 0. The van der Waals surface area contributed by atoms with Crippen LogP contribution in [0.5, 0.6) is 0 Å². The largest absolute Gasteiger partial charge is 0.543 e. The van der Waals surface area contributed by atoms with Crippen molar-refractivity contribution in [1.82, 2.24) is 4.98 Å². The molecule has 1 aliphatic carbocycles. The maximum Gasteiger partial charge on any atom is 0.0899 e. The highest BCUT2D eigenvalue weighted by Crippen LogP contribution is 2.31. The van der Waals surface area contributed by atoms with Gasteiger partial charge in [-0.3, -0.25) is 4.98 Å². The predicted octanol–water partition coefficient (Wildman–Crippen LogP) is 1.49. The number of nitrogens with zero attached hydrogens (tertiary/aromatic N) is 1. The van der Waals surface area contributed by atoms with Gasteiger partial charge in [0.25, 0.3) is 0 Å². The van der Waals surface area contributed by atoms with E-state index >= 15 is 0 Å². The predicted molar refractivity (Wildman–Crippen MR) is 54.4 cm³/mol. The van der Waals surface area contributed by atoms with E-state index in [1.54, 1.807) is 12.3 Å². The normalized spacial score (nSPS) is 17.6. The van der Waals surface area contributed by atoms with Gasteiger partial charge < -0.3 is 9.90 Å². The lowest BCUT2D eigenvalue weighted by atomic mass is 9.85. The molecule has 0 atom stereocenters. The second-order valence-electron chi connectivity index (χ2n) is 4.10. The zero-order valence-electron chi connectivity index (χ0n) is 8.61. The van der Waals surface area contributed by atoms with E-state index in [9.17, 15) is 9.90 Å². The molecule has 1 fully saturated rings. The highest BCUT2D eigenvalue weighted by Gasteiger charge is 2.15. The molecule has 1 saturated carbocycles. The molecule has 1 aliphatic rings. The zero-order chi connectivity index (χ0) is 10.7. The summed E-state index contributed by atoms with van der Waals surface area (Å²) >= 11 is 0. The van der Waals surface area contributed by atoms with Gasteiger partial charge in [0.05, 0.1) is 11.7 Å².